The maximum absolute atomic E-state index is 12.2. The summed E-state index contributed by atoms with van der Waals surface area (Å²) in [5.41, 5.74) is 1.54. The number of hydrogen-bond donors (Lipinski definition) is 1. The fraction of sp³-hybridized carbons (Fsp3) is 0.0625. The Balaban J connectivity index is 2.18. The number of carbonyl (C=O) groups excluding carboxylic acids is 2. The van der Waals surface area contributed by atoms with Gasteiger partial charge in [0.05, 0.1) is 34.9 Å². The molecule has 0 aliphatic heterocycles. The van der Waals surface area contributed by atoms with Crippen molar-refractivity contribution in [2.75, 3.05) is 12.4 Å². The van der Waals surface area contributed by atoms with E-state index in [-0.39, 0.29) is 16.1 Å². The molecule has 0 atom stereocenters. The second kappa shape index (κ2) is 6.74. The summed E-state index contributed by atoms with van der Waals surface area (Å²) in [5.74, 6) is -0.938. The number of nitrogens with one attached hydrogen (secondary N) is 1. The highest BCUT2D eigenvalue weighted by molar-refractivity contribution is 6.34. The summed E-state index contributed by atoms with van der Waals surface area (Å²) in [6.07, 6.45) is 0. The molecular weight excluding hydrogens is 304 g/mol. The Morgan fingerprint density at radius 1 is 1.18 bits per heavy atom. The molecule has 2 aromatic rings. The van der Waals surface area contributed by atoms with Crippen molar-refractivity contribution in [2.45, 2.75) is 0 Å². The zero-order chi connectivity index (χ0) is 16.1. The maximum atomic E-state index is 12.2. The van der Waals surface area contributed by atoms with E-state index in [9.17, 15) is 9.59 Å². The number of hydrogen-bond acceptors (Lipinski definition) is 4. The van der Waals surface area contributed by atoms with Crippen molar-refractivity contribution in [3.8, 4) is 6.07 Å². The summed E-state index contributed by atoms with van der Waals surface area (Å²) >= 11 is 6.03. The Morgan fingerprint density at radius 2 is 1.86 bits per heavy atom. The normalized spacial score (nSPS) is 9.68. The molecule has 2 aromatic carbocycles. The molecule has 0 radical (unpaired) electrons. The summed E-state index contributed by atoms with van der Waals surface area (Å²) in [4.78, 5) is 23.6. The number of ether oxygens (including phenoxy) is 1. The molecule has 5 nitrogen and oxygen atoms in total. The third-order valence-electron chi connectivity index (χ3n) is 2.91. The first-order chi connectivity index (χ1) is 10.5. The van der Waals surface area contributed by atoms with Crippen LogP contribution in [-0.2, 0) is 4.74 Å². The molecule has 1 amide bonds. The number of halogens is 1. The number of methoxy groups -OCH3 is 1. The Bertz CT molecular complexity index is 764. The van der Waals surface area contributed by atoms with Gasteiger partial charge in [0, 0.05) is 5.69 Å². The van der Waals surface area contributed by atoms with Crippen molar-refractivity contribution in [3.05, 3.63) is 64.2 Å². The second-order valence-corrected chi connectivity index (χ2v) is 4.74. The summed E-state index contributed by atoms with van der Waals surface area (Å²) < 4.78 is 4.58. The molecule has 0 heterocycles. The smallest absolute Gasteiger partial charge is 0.337 e. The molecule has 0 aliphatic carbocycles. The fourth-order valence-electron chi connectivity index (χ4n) is 1.77. The number of benzene rings is 2. The average Bonchev–Trinajstić information content (AvgIpc) is 2.54. The molecule has 0 spiro atoms. The van der Waals surface area contributed by atoms with Gasteiger partial charge in [-0.2, -0.15) is 5.26 Å². The van der Waals surface area contributed by atoms with Crippen LogP contribution in [-0.4, -0.2) is 19.0 Å². The topological polar surface area (TPSA) is 79.2 Å². The lowest BCUT2D eigenvalue weighted by atomic mass is 10.1. The highest BCUT2D eigenvalue weighted by atomic mass is 35.5. The highest BCUT2D eigenvalue weighted by Crippen LogP contribution is 2.20. The lowest BCUT2D eigenvalue weighted by molar-refractivity contribution is 0.0600. The third-order valence-corrected chi connectivity index (χ3v) is 3.22. The number of anilines is 1. The van der Waals surface area contributed by atoms with Gasteiger partial charge >= 0.3 is 5.97 Å². The minimum Gasteiger partial charge on any atom is -0.465 e. The lowest BCUT2D eigenvalue weighted by Gasteiger charge is -2.08. The summed E-state index contributed by atoms with van der Waals surface area (Å²) in [6.45, 7) is 0. The standard InChI is InChI=1S/C16H11ClN2O3/c1-22-16(21)11-4-7-13(14(17)8-11)15(20)19-12-5-2-10(9-18)3-6-12/h2-8H,1H3,(H,19,20). The van der Waals surface area contributed by atoms with Gasteiger partial charge in [0.15, 0.2) is 0 Å². The molecule has 0 fully saturated rings. The average molecular weight is 315 g/mol. The molecular formula is C16H11ClN2O3. The van der Waals surface area contributed by atoms with Gasteiger partial charge < -0.3 is 10.1 Å². The van der Waals surface area contributed by atoms with Gasteiger partial charge in [-0.25, -0.2) is 4.79 Å². The Labute approximate surface area is 132 Å². The highest BCUT2D eigenvalue weighted by Gasteiger charge is 2.14. The molecule has 0 unspecified atom stereocenters. The molecule has 0 bridgehead atoms. The summed E-state index contributed by atoms with van der Waals surface area (Å²) in [6, 6.07) is 12.7. The second-order valence-electron chi connectivity index (χ2n) is 4.33. The van der Waals surface area contributed by atoms with Crippen LogP contribution in [0.4, 0.5) is 5.69 Å². The zero-order valence-corrected chi connectivity index (χ0v) is 12.3. The number of nitriles is 1. The largest absolute Gasteiger partial charge is 0.465 e. The van der Waals surface area contributed by atoms with E-state index in [4.69, 9.17) is 16.9 Å². The Morgan fingerprint density at radius 3 is 2.41 bits per heavy atom. The number of nitrogens with zero attached hydrogens (tertiary/aromatic N) is 1. The van der Waals surface area contributed by atoms with Crippen molar-refractivity contribution in [1.29, 1.82) is 5.26 Å². The van der Waals surface area contributed by atoms with Crippen molar-refractivity contribution >= 4 is 29.2 Å². The van der Waals surface area contributed by atoms with E-state index >= 15 is 0 Å². The van der Waals surface area contributed by atoms with Gasteiger partial charge in [0.1, 0.15) is 0 Å². The number of rotatable bonds is 3. The van der Waals surface area contributed by atoms with Crippen LogP contribution in [0.1, 0.15) is 26.3 Å². The van der Waals surface area contributed by atoms with Gasteiger partial charge in [-0.3, -0.25) is 4.79 Å². The lowest BCUT2D eigenvalue weighted by Crippen LogP contribution is -2.13. The van der Waals surface area contributed by atoms with E-state index < -0.39 is 11.9 Å². The van der Waals surface area contributed by atoms with Gasteiger partial charge in [0.2, 0.25) is 0 Å². The summed E-state index contributed by atoms with van der Waals surface area (Å²) in [7, 11) is 1.27. The van der Waals surface area contributed by atoms with E-state index in [1.54, 1.807) is 24.3 Å². The first kappa shape index (κ1) is 15.5. The fourth-order valence-corrected chi connectivity index (χ4v) is 2.04. The zero-order valence-electron chi connectivity index (χ0n) is 11.6. The molecule has 6 heteroatoms. The van der Waals surface area contributed by atoms with Crippen LogP contribution in [0.2, 0.25) is 5.02 Å². The van der Waals surface area contributed by atoms with Gasteiger partial charge in [-0.15, -0.1) is 0 Å². The quantitative estimate of drug-likeness (QED) is 0.882. The molecule has 22 heavy (non-hydrogen) atoms. The van der Waals surface area contributed by atoms with Crippen molar-refractivity contribution < 1.29 is 14.3 Å². The van der Waals surface area contributed by atoms with Crippen LogP contribution >= 0.6 is 11.6 Å². The van der Waals surface area contributed by atoms with Crippen LogP contribution < -0.4 is 5.32 Å². The minimum absolute atomic E-state index is 0.147. The van der Waals surface area contributed by atoms with E-state index in [0.717, 1.165) is 0 Å². The van der Waals surface area contributed by atoms with Crippen molar-refractivity contribution in [3.63, 3.8) is 0 Å². The molecule has 1 N–H and O–H groups in total. The van der Waals surface area contributed by atoms with Crippen LogP contribution in [0.15, 0.2) is 42.5 Å². The predicted octanol–water partition coefficient (Wildman–Crippen LogP) is 3.25. The molecule has 0 saturated heterocycles. The Kier molecular flexibility index (Phi) is 4.77. The number of carbonyl (C=O) groups is 2. The molecule has 0 aliphatic rings. The van der Waals surface area contributed by atoms with Gasteiger partial charge in [-0.1, -0.05) is 11.6 Å². The predicted molar refractivity (Wildman–Crippen MR) is 81.9 cm³/mol. The van der Waals surface area contributed by atoms with E-state index in [1.165, 1.54) is 25.3 Å². The Hall–Kier alpha value is -2.84. The van der Waals surface area contributed by atoms with Gasteiger partial charge in [0.25, 0.3) is 5.91 Å². The SMILES string of the molecule is COC(=O)c1ccc(C(=O)Nc2ccc(C#N)cc2)c(Cl)c1. The van der Waals surface area contributed by atoms with Crippen LogP contribution in [0.5, 0.6) is 0 Å². The molecule has 0 aromatic heterocycles. The van der Waals surface area contributed by atoms with Gasteiger partial charge in [-0.05, 0) is 42.5 Å². The van der Waals surface area contributed by atoms with Crippen LogP contribution in [0, 0.1) is 11.3 Å². The molecule has 2 rings (SSSR count). The first-order valence-corrected chi connectivity index (χ1v) is 6.62. The minimum atomic E-state index is -0.527. The number of amides is 1. The van der Waals surface area contributed by atoms with Crippen molar-refractivity contribution in [2.24, 2.45) is 0 Å². The third kappa shape index (κ3) is 3.43. The van der Waals surface area contributed by atoms with Crippen LogP contribution in [0.3, 0.4) is 0 Å². The van der Waals surface area contributed by atoms with Crippen molar-refractivity contribution in [1.82, 2.24) is 0 Å². The van der Waals surface area contributed by atoms with E-state index in [2.05, 4.69) is 10.1 Å². The first-order valence-electron chi connectivity index (χ1n) is 6.24. The van der Waals surface area contributed by atoms with E-state index in [1.807, 2.05) is 6.07 Å². The molecule has 110 valence electrons. The van der Waals surface area contributed by atoms with E-state index in [0.29, 0.717) is 11.3 Å². The maximum Gasteiger partial charge on any atom is 0.337 e. The van der Waals surface area contributed by atoms with Crippen LogP contribution in [0.25, 0.3) is 0 Å². The number of esters is 1. The summed E-state index contributed by atoms with van der Waals surface area (Å²) in [5, 5.41) is 11.5. The molecule has 0 saturated carbocycles. The monoisotopic (exact) mass is 314 g/mol.